The maximum absolute atomic E-state index is 12.5. The molecule has 5 nitrogen and oxygen atoms in total. The Labute approximate surface area is 186 Å². The number of halogens is 1. The van der Waals surface area contributed by atoms with Gasteiger partial charge in [0, 0.05) is 16.3 Å². The molecule has 0 bridgehead atoms. The molecule has 0 aliphatic rings. The standard InChI is InChI=1S/C25H23ClN2O3/c1-14-11-21-23(12-15(14)2)31-25(28-21)19-6-5-7-20(17(19)4)27-24(29)13-30-22-9-8-18(26)10-16(22)3/h5-12H,13H2,1-4H3,(H,27,29). The number of benzene rings is 3. The number of anilines is 1. The lowest BCUT2D eigenvalue weighted by atomic mass is 10.1. The van der Waals surface area contributed by atoms with Gasteiger partial charge in [0.2, 0.25) is 5.89 Å². The lowest BCUT2D eigenvalue weighted by molar-refractivity contribution is -0.118. The molecule has 0 spiro atoms. The smallest absolute Gasteiger partial charge is 0.262 e. The SMILES string of the molecule is Cc1cc2nc(-c3cccc(NC(=O)COc4ccc(Cl)cc4C)c3C)oc2cc1C. The number of amides is 1. The highest BCUT2D eigenvalue weighted by atomic mass is 35.5. The Balaban J connectivity index is 1.53. The third kappa shape index (κ3) is 4.42. The van der Waals surface area contributed by atoms with Crippen molar-refractivity contribution in [3.8, 4) is 17.2 Å². The van der Waals surface area contributed by atoms with Crippen molar-refractivity contribution in [3.05, 3.63) is 75.8 Å². The summed E-state index contributed by atoms with van der Waals surface area (Å²) in [6.45, 7) is 7.81. The number of aryl methyl sites for hydroxylation is 3. The molecule has 4 rings (SSSR count). The first-order valence-electron chi connectivity index (χ1n) is 9.98. The molecular weight excluding hydrogens is 412 g/mol. The summed E-state index contributed by atoms with van der Waals surface area (Å²) in [6.07, 6.45) is 0. The molecule has 0 aliphatic heterocycles. The molecule has 1 amide bonds. The minimum absolute atomic E-state index is 0.104. The molecular formula is C25H23ClN2O3. The Hall–Kier alpha value is -3.31. The van der Waals surface area contributed by atoms with E-state index < -0.39 is 0 Å². The van der Waals surface area contributed by atoms with Crippen LogP contribution in [0, 0.1) is 27.7 Å². The normalized spacial score (nSPS) is 11.0. The van der Waals surface area contributed by atoms with Gasteiger partial charge in [-0.05, 0) is 92.4 Å². The second-order valence-corrected chi connectivity index (χ2v) is 8.08. The first-order chi connectivity index (χ1) is 14.8. The predicted octanol–water partition coefficient (Wildman–Crippen LogP) is 6.40. The van der Waals surface area contributed by atoms with E-state index in [0.29, 0.717) is 22.4 Å². The molecule has 3 aromatic carbocycles. The van der Waals surface area contributed by atoms with Gasteiger partial charge in [-0.1, -0.05) is 17.7 Å². The van der Waals surface area contributed by atoms with Crippen molar-refractivity contribution < 1.29 is 13.9 Å². The quantitative estimate of drug-likeness (QED) is 0.394. The Kier molecular flexibility index (Phi) is 5.70. The van der Waals surface area contributed by atoms with Crippen molar-refractivity contribution in [1.82, 2.24) is 4.98 Å². The summed E-state index contributed by atoms with van der Waals surface area (Å²) < 4.78 is 11.6. The number of ether oxygens (including phenoxy) is 1. The van der Waals surface area contributed by atoms with Crippen molar-refractivity contribution in [2.45, 2.75) is 27.7 Å². The summed E-state index contributed by atoms with van der Waals surface area (Å²) in [4.78, 5) is 17.1. The van der Waals surface area contributed by atoms with Crippen LogP contribution in [0.25, 0.3) is 22.6 Å². The minimum atomic E-state index is -0.251. The molecule has 158 valence electrons. The van der Waals surface area contributed by atoms with Crippen molar-refractivity contribution in [3.63, 3.8) is 0 Å². The second-order valence-electron chi connectivity index (χ2n) is 7.65. The van der Waals surface area contributed by atoms with E-state index in [-0.39, 0.29) is 12.5 Å². The Bertz CT molecular complexity index is 1250. The number of aromatic nitrogens is 1. The first-order valence-corrected chi connectivity index (χ1v) is 10.4. The molecule has 0 aliphatic carbocycles. The monoisotopic (exact) mass is 434 g/mol. The van der Waals surface area contributed by atoms with Gasteiger partial charge in [-0.25, -0.2) is 4.98 Å². The van der Waals surface area contributed by atoms with Gasteiger partial charge in [0.05, 0.1) is 0 Å². The molecule has 31 heavy (non-hydrogen) atoms. The van der Waals surface area contributed by atoms with Gasteiger partial charge in [0.25, 0.3) is 5.91 Å². The van der Waals surface area contributed by atoms with Crippen LogP contribution in [0.3, 0.4) is 0 Å². The summed E-state index contributed by atoms with van der Waals surface area (Å²) in [5.41, 5.74) is 7.16. The number of carbonyl (C=O) groups excluding carboxylic acids is 1. The third-order valence-electron chi connectivity index (χ3n) is 5.34. The molecule has 0 radical (unpaired) electrons. The van der Waals surface area contributed by atoms with Gasteiger partial charge in [-0.2, -0.15) is 0 Å². The molecule has 6 heteroatoms. The molecule has 0 saturated carbocycles. The maximum atomic E-state index is 12.5. The van der Waals surface area contributed by atoms with E-state index in [4.69, 9.17) is 20.8 Å². The molecule has 1 aromatic heterocycles. The summed E-state index contributed by atoms with van der Waals surface area (Å²) in [7, 11) is 0. The predicted molar refractivity (Wildman–Crippen MR) is 124 cm³/mol. The molecule has 1 heterocycles. The van der Waals surface area contributed by atoms with E-state index in [0.717, 1.165) is 33.4 Å². The van der Waals surface area contributed by atoms with Gasteiger partial charge in [-0.15, -0.1) is 0 Å². The zero-order chi connectivity index (χ0) is 22.1. The van der Waals surface area contributed by atoms with E-state index in [2.05, 4.69) is 17.2 Å². The van der Waals surface area contributed by atoms with Crippen LogP contribution in [-0.2, 0) is 4.79 Å². The Morgan fingerprint density at radius 2 is 1.81 bits per heavy atom. The van der Waals surface area contributed by atoms with E-state index in [1.54, 1.807) is 18.2 Å². The summed E-state index contributed by atoms with van der Waals surface area (Å²) in [5.74, 6) is 0.905. The Morgan fingerprint density at radius 1 is 1.03 bits per heavy atom. The topological polar surface area (TPSA) is 64.4 Å². The minimum Gasteiger partial charge on any atom is -0.483 e. The number of hydrogen-bond acceptors (Lipinski definition) is 4. The molecule has 1 N–H and O–H groups in total. The molecule has 0 unspecified atom stereocenters. The number of oxazole rings is 1. The average Bonchev–Trinajstić information content (AvgIpc) is 3.11. The molecule has 4 aromatic rings. The van der Waals surface area contributed by atoms with Crippen LogP contribution in [0.2, 0.25) is 5.02 Å². The van der Waals surface area contributed by atoms with E-state index in [1.165, 1.54) is 5.56 Å². The van der Waals surface area contributed by atoms with Gasteiger partial charge in [-0.3, -0.25) is 4.79 Å². The summed E-state index contributed by atoms with van der Waals surface area (Å²) >= 11 is 5.96. The number of carbonyl (C=O) groups is 1. The van der Waals surface area contributed by atoms with Crippen LogP contribution in [-0.4, -0.2) is 17.5 Å². The third-order valence-corrected chi connectivity index (χ3v) is 5.57. The van der Waals surface area contributed by atoms with Crippen molar-refractivity contribution in [1.29, 1.82) is 0 Å². The van der Waals surface area contributed by atoms with Crippen LogP contribution in [0.1, 0.15) is 22.3 Å². The Morgan fingerprint density at radius 3 is 2.58 bits per heavy atom. The number of nitrogens with one attached hydrogen (secondary N) is 1. The van der Waals surface area contributed by atoms with Crippen LogP contribution in [0.5, 0.6) is 5.75 Å². The lowest BCUT2D eigenvalue weighted by Gasteiger charge is -2.12. The summed E-state index contributed by atoms with van der Waals surface area (Å²) in [6, 6.07) is 15.0. The van der Waals surface area contributed by atoms with Gasteiger partial charge in [0.15, 0.2) is 12.2 Å². The van der Waals surface area contributed by atoms with Crippen LogP contribution in [0.15, 0.2) is 52.9 Å². The first kappa shape index (κ1) is 20.9. The van der Waals surface area contributed by atoms with E-state index >= 15 is 0 Å². The number of rotatable bonds is 5. The van der Waals surface area contributed by atoms with E-state index in [1.807, 2.05) is 51.1 Å². The summed E-state index contributed by atoms with van der Waals surface area (Å²) in [5, 5.41) is 3.54. The molecule has 0 fully saturated rings. The van der Waals surface area contributed by atoms with Crippen LogP contribution in [0.4, 0.5) is 5.69 Å². The average molecular weight is 435 g/mol. The van der Waals surface area contributed by atoms with Gasteiger partial charge < -0.3 is 14.5 Å². The largest absolute Gasteiger partial charge is 0.483 e. The van der Waals surface area contributed by atoms with E-state index in [9.17, 15) is 4.79 Å². The number of hydrogen-bond donors (Lipinski definition) is 1. The highest BCUT2D eigenvalue weighted by Crippen LogP contribution is 2.31. The fourth-order valence-corrected chi connectivity index (χ4v) is 3.63. The zero-order valence-electron chi connectivity index (χ0n) is 17.9. The molecule has 0 atom stereocenters. The fourth-order valence-electron chi connectivity index (χ4n) is 3.40. The van der Waals surface area contributed by atoms with Crippen molar-refractivity contribution in [2.24, 2.45) is 0 Å². The lowest BCUT2D eigenvalue weighted by Crippen LogP contribution is -2.21. The highest BCUT2D eigenvalue weighted by molar-refractivity contribution is 6.30. The second kappa shape index (κ2) is 8.44. The number of fused-ring (bicyclic) bond motifs is 1. The highest BCUT2D eigenvalue weighted by Gasteiger charge is 2.15. The molecule has 0 saturated heterocycles. The van der Waals surface area contributed by atoms with Crippen molar-refractivity contribution in [2.75, 3.05) is 11.9 Å². The van der Waals surface area contributed by atoms with Crippen LogP contribution < -0.4 is 10.1 Å². The fraction of sp³-hybridized carbons (Fsp3) is 0.200. The van der Waals surface area contributed by atoms with Crippen LogP contribution >= 0.6 is 11.6 Å². The number of nitrogens with zero attached hydrogens (tertiary/aromatic N) is 1. The maximum Gasteiger partial charge on any atom is 0.262 e. The zero-order valence-corrected chi connectivity index (χ0v) is 18.6. The van der Waals surface area contributed by atoms with Gasteiger partial charge >= 0.3 is 0 Å². The van der Waals surface area contributed by atoms with Crippen molar-refractivity contribution >= 4 is 34.3 Å². The van der Waals surface area contributed by atoms with Gasteiger partial charge in [0.1, 0.15) is 11.3 Å².